The number of aryl methyl sites for hydroxylation is 1. The highest BCUT2D eigenvalue weighted by Crippen LogP contribution is 2.49. The minimum atomic E-state index is -1.01. The third kappa shape index (κ3) is 5.55. The van der Waals surface area contributed by atoms with Crippen molar-refractivity contribution in [1.82, 2.24) is 19.8 Å². The number of rotatable bonds is 6. The SMILES string of the molecule is C=C(F)C(=O)N1CCN(c2nc(OC[C@@H]3CCCN3C)nc3c2CCC2(CCCc4c(C)cc(O)cc42)C3)C[C@@H]1CC#N. The van der Waals surface area contributed by atoms with E-state index >= 15 is 0 Å². The average molecular weight is 589 g/mol. The second-order valence-electron chi connectivity index (χ2n) is 12.8. The number of fused-ring (bicyclic) bond motifs is 3. The first-order valence-corrected chi connectivity index (χ1v) is 15.5. The molecule has 4 aliphatic rings. The van der Waals surface area contributed by atoms with Gasteiger partial charge in [0.1, 0.15) is 18.2 Å². The van der Waals surface area contributed by atoms with Crippen LogP contribution in [0.4, 0.5) is 10.2 Å². The Labute approximate surface area is 253 Å². The van der Waals surface area contributed by atoms with Gasteiger partial charge in [-0.2, -0.15) is 15.2 Å². The van der Waals surface area contributed by atoms with Crippen LogP contribution in [0.2, 0.25) is 0 Å². The first-order chi connectivity index (χ1) is 20.7. The van der Waals surface area contributed by atoms with Crippen LogP contribution in [0.3, 0.4) is 0 Å². The quantitative estimate of drug-likeness (QED) is 0.502. The number of carbonyl (C=O) groups excluding carboxylic acids is 1. The highest BCUT2D eigenvalue weighted by Gasteiger charge is 2.43. The number of nitriles is 1. The van der Waals surface area contributed by atoms with E-state index in [-0.39, 0.29) is 18.4 Å². The molecule has 1 spiro atoms. The Bertz CT molecular complexity index is 1470. The second kappa shape index (κ2) is 11.8. The molecule has 2 aliphatic heterocycles. The molecule has 43 heavy (non-hydrogen) atoms. The van der Waals surface area contributed by atoms with Crippen LogP contribution in [-0.2, 0) is 29.5 Å². The lowest BCUT2D eigenvalue weighted by molar-refractivity contribution is -0.131. The molecule has 10 heteroatoms. The number of phenolic OH excluding ortho intramolecular Hbond substituents is 1. The van der Waals surface area contributed by atoms with Gasteiger partial charge in [0.05, 0.1) is 24.2 Å². The summed E-state index contributed by atoms with van der Waals surface area (Å²) in [5, 5.41) is 20.1. The maximum absolute atomic E-state index is 13.8. The minimum absolute atomic E-state index is 0.0862. The molecular formula is C33H41FN6O3. The molecule has 1 N–H and O–H groups in total. The maximum atomic E-state index is 13.8. The van der Waals surface area contributed by atoms with Gasteiger partial charge in [-0.25, -0.2) is 4.39 Å². The van der Waals surface area contributed by atoms with Crippen LogP contribution in [-0.4, -0.2) is 82.7 Å². The summed E-state index contributed by atoms with van der Waals surface area (Å²) >= 11 is 0. The molecule has 2 aliphatic carbocycles. The first-order valence-electron chi connectivity index (χ1n) is 15.5. The summed E-state index contributed by atoms with van der Waals surface area (Å²) in [6.07, 6.45) is 7.86. The maximum Gasteiger partial charge on any atom is 0.318 e. The van der Waals surface area contributed by atoms with Crippen molar-refractivity contribution >= 4 is 11.7 Å². The molecule has 1 aromatic heterocycles. The summed E-state index contributed by atoms with van der Waals surface area (Å²) < 4.78 is 20.1. The van der Waals surface area contributed by atoms with Gasteiger partial charge in [0.15, 0.2) is 5.83 Å². The predicted octanol–water partition coefficient (Wildman–Crippen LogP) is 4.14. The Kier molecular flexibility index (Phi) is 8.03. The lowest BCUT2D eigenvalue weighted by atomic mass is 9.61. The van der Waals surface area contributed by atoms with E-state index in [1.165, 1.54) is 16.0 Å². The molecule has 0 saturated carbocycles. The zero-order valence-electron chi connectivity index (χ0n) is 25.2. The molecular weight excluding hydrogens is 547 g/mol. The molecule has 3 heterocycles. The van der Waals surface area contributed by atoms with Crippen LogP contribution < -0.4 is 9.64 Å². The van der Waals surface area contributed by atoms with Gasteiger partial charge in [-0.1, -0.05) is 6.58 Å². The fourth-order valence-corrected chi connectivity index (χ4v) is 7.89. The molecule has 1 amide bonds. The van der Waals surface area contributed by atoms with Crippen molar-refractivity contribution in [3.8, 4) is 17.8 Å². The number of nitrogens with zero attached hydrogens (tertiary/aromatic N) is 6. The highest BCUT2D eigenvalue weighted by molar-refractivity contribution is 5.91. The molecule has 228 valence electrons. The third-order valence-electron chi connectivity index (χ3n) is 10.2. The van der Waals surface area contributed by atoms with Gasteiger partial charge >= 0.3 is 6.01 Å². The largest absolute Gasteiger partial charge is 0.508 e. The van der Waals surface area contributed by atoms with E-state index in [4.69, 9.17) is 14.7 Å². The van der Waals surface area contributed by atoms with Crippen molar-refractivity contribution in [3.05, 3.63) is 52.5 Å². The standard InChI is InChI=1S/C33H41FN6O3/c1-21-16-25(41)17-28-26(21)7-4-10-33(28)11-8-27-29(18-33)36-32(43-20-24-6-5-13-38(24)3)37-30(27)39-14-15-40(31(42)22(2)34)23(19-39)9-12-35/h16-17,23-24,41H,2,4-11,13-15,18-20H2,1,3H3/t23-,24-,33?/m0/s1. The number of piperazine rings is 1. The first kappa shape index (κ1) is 29.4. The molecule has 2 saturated heterocycles. The van der Waals surface area contributed by atoms with Crippen molar-refractivity contribution in [2.75, 3.05) is 44.7 Å². The van der Waals surface area contributed by atoms with Gasteiger partial charge < -0.3 is 24.5 Å². The molecule has 0 radical (unpaired) electrons. The topological polar surface area (TPSA) is 106 Å². The van der Waals surface area contributed by atoms with Gasteiger partial charge in [0.2, 0.25) is 0 Å². The number of likely N-dealkylation sites (tertiary alicyclic amines) is 1. The number of hydrogen-bond donors (Lipinski definition) is 1. The smallest absolute Gasteiger partial charge is 0.318 e. The number of anilines is 1. The number of amides is 1. The van der Waals surface area contributed by atoms with Crippen LogP contribution in [0.5, 0.6) is 11.8 Å². The number of phenols is 1. The molecule has 2 aromatic rings. The monoisotopic (exact) mass is 588 g/mol. The summed E-state index contributed by atoms with van der Waals surface area (Å²) in [6.45, 7) is 7.92. The van der Waals surface area contributed by atoms with Crippen LogP contribution in [0.1, 0.15) is 66.5 Å². The lowest BCUT2D eigenvalue weighted by Crippen LogP contribution is -2.55. The van der Waals surface area contributed by atoms with E-state index in [2.05, 4.69) is 36.4 Å². The summed E-state index contributed by atoms with van der Waals surface area (Å²) in [7, 11) is 2.12. The average Bonchev–Trinajstić information content (AvgIpc) is 3.40. The Balaban J connectivity index is 1.36. The fourth-order valence-electron chi connectivity index (χ4n) is 7.89. The molecule has 1 aromatic carbocycles. The number of carbonyl (C=O) groups is 1. The third-order valence-corrected chi connectivity index (χ3v) is 10.2. The van der Waals surface area contributed by atoms with Gasteiger partial charge in [0, 0.05) is 36.7 Å². The molecule has 9 nitrogen and oxygen atoms in total. The Morgan fingerprint density at radius 2 is 2.02 bits per heavy atom. The van der Waals surface area contributed by atoms with Crippen molar-refractivity contribution < 1.29 is 19.0 Å². The van der Waals surface area contributed by atoms with Crippen LogP contribution in [0, 0.1) is 18.3 Å². The van der Waals surface area contributed by atoms with Gasteiger partial charge in [-0.3, -0.25) is 4.79 Å². The number of likely N-dealkylation sites (N-methyl/N-ethyl adjacent to an activating group) is 1. The normalized spacial score (nSPS) is 25.3. The lowest BCUT2D eigenvalue weighted by Gasteiger charge is -2.45. The zero-order chi connectivity index (χ0) is 30.3. The van der Waals surface area contributed by atoms with Gasteiger partial charge in [-0.15, -0.1) is 0 Å². The molecule has 6 rings (SSSR count). The van der Waals surface area contributed by atoms with E-state index in [1.54, 1.807) is 0 Å². The summed E-state index contributed by atoms with van der Waals surface area (Å²) in [6, 6.07) is 6.17. The van der Waals surface area contributed by atoms with Crippen LogP contribution in [0.25, 0.3) is 0 Å². The van der Waals surface area contributed by atoms with E-state index in [0.29, 0.717) is 37.5 Å². The number of ether oxygens (including phenoxy) is 1. The van der Waals surface area contributed by atoms with Gasteiger partial charge in [-0.05, 0) is 101 Å². The van der Waals surface area contributed by atoms with E-state index in [1.807, 2.05) is 12.1 Å². The minimum Gasteiger partial charge on any atom is -0.508 e. The summed E-state index contributed by atoms with van der Waals surface area (Å²) in [5.74, 6) is -0.677. The van der Waals surface area contributed by atoms with E-state index in [9.17, 15) is 19.6 Å². The highest BCUT2D eigenvalue weighted by atomic mass is 19.1. The van der Waals surface area contributed by atoms with Gasteiger partial charge in [0.25, 0.3) is 5.91 Å². The van der Waals surface area contributed by atoms with Crippen molar-refractivity contribution in [3.63, 3.8) is 0 Å². The Morgan fingerprint density at radius 1 is 1.19 bits per heavy atom. The van der Waals surface area contributed by atoms with E-state index in [0.717, 1.165) is 80.6 Å². The predicted molar refractivity (Wildman–Crippen MR) is 161 cm³/mol. The second-order valence-corrected chi connectivity index (χ2v) is 12.8. The van der Waals surface area contributed by atoms with Crippen LogP contribution in [0.15, 0.2) is 24.5 Å². The van der Waals surface area contributed by atoms with E-state index < -0.39 is 17.8 Å². The number of halogens is 1. The van der Waals surface area contributed by atoms with Crippen molar-refractivity contribution in [2.24, 2.45) is 0 Å². The Morgan fingerprint density at radius 3 is 2.77 bits per heavy atom. The summed E-state index contributed by atoms with van der Waals surface area (Å²) in [5.41, 5.74) is 5.65. The fraction of sp³-hybridized carbons (Fsp3) is 0.576. The zero-order valence-corrected chi connectivity index (χ0v) is 25.2. The molecule has 0 bridgehead atoms. The summed E-state index contributed by atoms with van der Waals surface area (Å²) in [4.78, 5) is 28.4. The molecule has 2 fully saturated rings. The van der Waals surface area contributed by atoms with Crippen LogP contribution >= 0.6 is 0 Å². The molecule has 1 unspecified atom stereocenters. The Hall–Kier alpha value is -3.71. The number of aromatic nitrogens is 2. The number of aromatic hydroxyl groups is 1. The molecule has 3 atom stereocenters. The number of hydrogen-bond acceptors (Lipinski definition) is 8. The van der Waals surface area contributed by atoms with Crippen molar-refractivity contribution in [2.45, 2.75) is 82.2 Å². The number of benzene rings is 1. The van der Waals surface area contributed by atoms with Crippen molar-refractivity contribution in [1.29, 1.82) is 5.26 Å².